The van der Waals surface area contributed by atoms with E-state index in [1.807, 2.05) is 0 Å². The molecule has 0 fully saturated rings. The van der Waals surface area contributed by atoms with Gasteiger partial charge in [0.05, 0.1) is 19.4 Å². The molecule has 0 N–H and O–H groups in total. The third-order valence-electron chi connectivity index (χ3n) is 1.49. The Balaban J connectivity index is 2.64. The fourth-order valence-corrected chi connectivity index (χ4v) is 2.63. The highest BCUT2D eigenvalue weighted by molar-refractivity contribution is 7.53. The van der Waals surface area contributed by atoms with Gasteiger partial charge in [-0.1, -0.05) is 5.16 Å². The molecule has 0 radical (unpaired) electrons. The molecule has 0 saturated heterocycles. The Kier molecular flexibility index (Phi) is 4.32. The summed E-state index contributed by atoms with van der Waals surface area (Å²) in [7, 11) is -3.04. The summed E-state index contributed by atoms with van der Waals surface area (Å²) in [5.41, 5.74) is 0. The lowest BCUT2D eigenvalue weighted by Gasteiger charge is -2.14. The van der Waals surface area contributed by atoms with Crippen molar-refractivity contribution in [1.82, 2.24) is 5.16 Å². The maximum absolute atomic E-state index is 11.9. The van der Waals surface area contributed by atoms with E-state index >= 15 is 0 Å². The van der Waals surface area contributed by atoms with Gasteiger partial charge in [0.2, 0.25) is 0 Å². The van der Waals surface area contributed by atoms with Crippen molar-refractivity contribution >= 4 is 7.60 Å². The third-order valence-corrected chi connectivity index (χ3v) is 3.49. The lowest BCUT2D eigenvalue weighted by atomic mass is 10.5. The van der Waals surface area contributed by atoms with E-state index in [0.717, 1.165) is 0 Å². The Hall–Kier alpha value is -0.640. The zero-order valence-corrected chi connectivity index (χ0v) is 9.20. The second-order valence-corrected chi connectivity index (χ2v) is 4.64. The van der Waals surface area contributed by atoms with E-state index in [1.165, 1.54) is 6.20 Å². The third kappa shape index (κ3) is 3.25. The van der Waals surface area contributed by atoms with Crippen molar-refractivity contribution in [2.75, 3.05) is 13.2 Å². The van der Waals surface area contributed by atoms with Crippen LogP contribution >= 0.6 is 7.60 Å². The minimum Gasteiger partial charge on any atom is -0.361 e. The highest BCUT2D eigenvalue weighted by atomic mass is 31.2. The topological polar surface area (TPSA) is 61.6 Å². The summed E-state index contributed by atoms with van der Waals surface area (Å²) in [6, 6.07) is 1.64. The van der Waals surface area contributed by atoms with Crippen LogP contribution in [-0.4, -0.2) is 18.4 Å². The summed E-state index contributed by atoms with van der Waals surface area (Å²) in [6.07, 6.45) is 1.63. The van der Waals surface area contributed by atoms with Crippen LogP contribution in [0.1, 0.15) is 19.6 Å². The van der Waals surface area contributed by atoms with Crippen LogP contribution in [0.3, 0.4) is 0 Å². The van der Waals surface area contributed by atoms with Crippen molar-refractivity contribution in [1.29, 1.82) is 0 Å². The van der Waals surface area contributed by atoms with Crippen LogP contribution in [-0.2, 0) is 19.8 Å². The Morgan fingerprint density at radius 2 is 2.07 bits per heavy atom. The van der Waals surface area contributed by atoms with Gasteiger partial charge in [-0.3, -0.25) is 4.57 Å². The van der Waals surface area contributed by atoms with Crippen molar-refractivity contribution in [3.05, 3.63) is 18.0 Å². The molecule has 0 amide bonds. The molecule has 0 bridgehead atoms. The quantitative estimate of drug-likeness (QED) is 0.687. The van der Waals surface area contributed by atoms with Gasteiger partial charge in [-0.05, 0) is 13.8 Å². The second-order valence-electron chi connectivity index (χ2n) is 2.58. The standard InChI is InChI=1S/C8H14NO4P/c1-3-11-14(10,12-4-2)7-8-5-6-9-13-8/h5-6H,3-4,7H2,1-2H3. The zero-order valence-electron chi connectivity index (χ0n) is 8.30. The molecule has 80 valence electrons. The van der Waals surface area contributed by atoms with Crippen LogP contribution in [0.5, 0.6) is 0 Å². The van der Waals surface area contributed by atoms with Crippen LogP contribution in [0, 0.1) is 0 Å². The molecule has 6 heteroatoms. The minimum absolute atomic E-state index is 0.134. The average molecular weight is 219 g/mol. The Labute approximate surface area is 82.9 Å². The smallest absolute Gasteiger partial charge is 0.338 e. The van der Waals surface area contributed by atoms with E-state index in [1.54, 1.807) is 19.9 Å². The fourth-order valence-electron chi connectivity index (χ4n) is 1.04. The Morgan fingerprint density at radius 3 is 2.50 bits per heavy atom. The highest BCUT2D eigenvalue weighted by Crippen LogP contribution is 2.51. The molecule has 0 unspecified atom stereocenters. The monoisotopic (exact) mass is 219 g/mol. The normalized spacial score (nSPS) is 11.9. The molecule has 1 heterocycles. The van der Waals surface area contributed by atoms with Gasteiger partial charge in [0.15, 0.2) is 0 Å². The molecule has 1 aromatic heterocycles. The summed E-state index contributed by atoms with van der Waals surface area (Å²) in [5, 5.41) is 3.52. The van der Waals surface area contributed by atoms with Crippen molar-refractivity contribution in [2.24, 2.45) is 0 Å². The maximum Gasteiger partial charge on any atom is 0.338 e. The summed E-state index contributed by atoms with van der Waals surface area (Å²) < 4.78 is 27.0. The summed E-state index contributed by atoms with van der Waals surface area (Å²) >= 11 is 0. The fraction of sp³-hybridized carbons (Fsp3) is 0.625. The first-order valence-electron chi connectivity index (χ1n) is 4.48. The van der Waals surface area contributed by atoms with Crippen LogP contribution in [0.4, 0.5) is 0 Å². The molecular formula is C8H14NO4P. The van der Waals surface area contributed by atoms with Crippen LogP contribution in [0.15, 0.2) is 16.8 Å². The van der Waals surface area contributed by atoms with Crippen molar-refractivity contribution in [3.63, 3.8) is 0 Å². The molecular weight excluding hydrogens is 205 g/mol. The number of hydrogen-bond acceptors (Lipinski definition) is 5. The summed E-state index contributed by atoms with van der Waals surface area (Å²) in [5.74, 6) is 0.509. The van der Waals surface area contributed by atoms with E-state index < -0.39 is 7.60 Å². The predicted octanol–water partition coefficient (Wildman–Crippen LogP) is 2.44. The molecule has 0 aliphatic heterocycles. The Bertz CT molecular complexity index is 288. The minimum atomic E-state index is -3.04. The molecule has 0 saturated carbocycles. The molecule has 14 heavy (non-hydrogen) atoms. The zero-order chi connectivity index (χ0) is 10.4. The molecule has 0 aliphatic carbocycles. The van der Waals surface area contributed by atoms with E-state index in [4.69, 9.17) is 13.6 Å². The van der Waals surface area contributed by atoms with Gasteiger partial charge < -0.3 is 13.6 Å². The first kappa shape index (κ1) is 11.4. The lowest BCUT2D eigenvalue weighted by Crippen LogP contribution is -1.98. The first-order chi connectivity index (χ1) is 6.70. The maximum atomic E-state index is 11.9. The summed E-state index contributed by atoms with van der Waals surface area (Å²) in [6.45, 7) is 4.24. The number of nitrogens with zero attached hydrogens (tertiary/aromatic N) is 1. The summed E-state index contributed by atoms with van der Waals surface area (Å²) in [4.78, 5) is 0. The van der Waals surface area contributed by atoms with Crippen LogP contribution < -0.4 is 0 Å². The predicted molar refractivity (Wildman–Crippen MR) is 51.1 cm³/mol. The molecule has 0 aromatic carbocycles. The second kappa shape index (κ2) is 5.29. The van der Waals surface area contributed by atoms with Crippen molar-refractivity contribution in [2.45, 2.75) is 20.0 Å². The lowest BCUT2D eigenvalue weighted by molar-refractivity contribution is 0.216. The molecule has 0 spiro atoms. The molecule has 0 aliphatic rings. The van der Waals surface area contributed by atoms with Gasteiger partial charge in [-0.15, -0.1) is 0 Å². The molecule has 1 aromatic rings. The van der Waals surface area contributed by atoms with Gasteiger partial charge in [-0.25, -0.2) is 0 Å². The van der Waals surface area contributed by atoms with Gasteiger partial charge in [0.1, 0.15) is 11.9 Å². The molecule has 5 nitrogen and oxygen atoms in total. The van der Waals surface area contributed by atoms with Gasteiger partial charge in [0, 0.05) is 6.07 Å². The number of hydrogen-bond donors (Lipinski definition) is 0. The van der Waals surface area contributed by atoms with E-state index in [0.29, 0.717) is 19.0 Å². The first-order valence-corrected chi connectivity index (χ1v) is 6.20. The largest absolute Gasteiger partial charge is 0.361 e. The SMILES string of the molecule is CCOP(=O)(Cc1ccno1)OCC. The van der Waals surface area contributed by atoms with Gasteiger partial charge in [-0.2, -0.15) is 0 Å². The Morgan fingerprint density at radius 1 is 1.43 bits per heavy atom. The van der Waals surface area contributed by atoms with Gasteiger partial charge >= 0.3 is 7.60 Å². The van der Waals surface area contributed by atoms with Crippen molar-refractivity contribution in [3.8, 4) is 0 Å². The van der Waals surface area contributed by atoms with Crippen molar-refractivity contribution < 1.29 is 18.1 Å². The highest BCUT2D eigenvalue weighted by Gasteiger charge is 2.25. The van der Waals surface area contributed by atoms with E-state index in [-0.39, 0.29) is 6.16 Å². The van der Waals surface area contributed by atoms with E-state index in [9.17, 15) is 4.57 Å². The molecule has 0 atom stereocenters. The average Bonchev–Trinajstić information content (AvgIpc) is 2.57. The van der Waals surface area contributed by atoms with Gasteiger partial charge in [0.25, 0.3) is 0 Å². The van der Waals surface area contributed by atoms with E-state index in [2.05, 4.69) is 5.16 Å². The van der Waals surface area contributed by atoms with Crippen LogP contribution in [0.2, 0.25) is 0 Å². The molecule has 1 rings (SSSR count). The number of aromatic nitrogens is 1. The van der Waals surface area contributed by atoms with Crippen LogP contribution in [0.25, 0.3) is 0 Å². The number of rotatable bonds is 6.